The van der Waals surface area contributed by atoms with Crippen LogP contribution in [0.25, 0.3) is 11.2 Å². The zero-order chi connectivity index (χ0) is 20.4. The molecule has 1 aliphatic rings. The smallest absolute Gasteiger partial charge is 0.303 e. The summed E-state index contributed by atoms with van der Waals surface area (Å²) < 4.78 is 22.8. The highest BCUT2D eigenvalue weighted by molar-refractivity contribution is 5.70. The number of nitrogens with zero attached hydrogens (tertiary/aromatic N) is 3. The average molecular weight is 394 g/mol. The number of H-pyrrole nitrogens is 1. The fraction of sp³-hybridized carbons (Fsp3) is 0.500. The lowest BCUT2D eigenvalue weighted by molar-refractivity contribution is -0.166. The first kappa shape index (κ1) is 19.5. The van der Waals surface area contributed by atoms with E-state index >= 15 is 0 Å². The molecule has 1 aliphatic heterocycles. The molecule has 150 valence electrons. The summed E-state index contributed by atoms with van der Waals surface area (Å²) in [4.78, 5) is 56.8. The summed E-state index contributed by atoms with van der Waals surface area (Å²) >= 11 is 0. The summed E-state index contributed by atoms with van der Waals surface area (Å²) in [7, 11) is 0. The molecule has 12 nitrogen and oxygen atoms in total. The molecule has 0 radical (unpaired) electrons. The topological polar surface area (TPSA) is 152 Å². The van der Waals surface area contributed by atoms with Gasteiger partial charge in [-0.05, 0) is 0 Å². The number of aromatic amines is 1. The van der Waals surface area contributed by atoms with E-state index in [9.17, 15) is 19.2 Å². The SMILES string of the molecule is CC(=O)OC[C@H]1O[C@@H](n2cnc3c(=O)[nH]cnc32)C(OC(C)=O)[C@H]1OC(C)=O. The summed E-state index contributed by atoms with van der Waals surface area (Å²) in [6.45, 7) is 3.36. The third-order valence-electron chi connectivity index (χ3n) is 3.98. The minimum absolute atomic E-state index is 0.0557. The van der Waals surface area contributed by atoms with Gasteiger partial charge in [-0.3, -0.25) is 23.7 Å². The van der Waals surface area contributed by atoms with Crippen LogP contribution in [0.15, 0.2) is 17.4 Å². The maximum Gasteiger partial charge on any atom is 0.303 e. The van der Waals surface area contributed by atoms with Crippen molar-refractivity contribution in [2.75, 3.05) is 6.61 Å². The number of rotatable bonds is 5. The van der Waals surface area contributed by atoms with E-state index in [0.717, 1.165) is 0 Å². The highest BCUT2D eigenvalue weighted by Gasteiger charge is 2.51. The quantitative estimate of drug-likeness (QED) is 0.516. The monoisotopic (exact) mass is 394 g/mol. The van der Waals surface area contributed by atoms with Crippen molar-refractivity contribution in [1.82, 2.24) is 19.5 Å². The van der Waals surface area contributed by atoms with E-state index in [0.29, 0.717) is 0 Å². The summed E-state index contributed by atoms with van der Waals surface area (Å²) in [5.74, 6) is -1.83. The fourth-order valence-corrected chi connectivity index (χ4v) is 2.97. The molecule has 0 saturated carbocycles. The number of aromatic nitrogens is 4. The van der Waals surface area contributed by atoms with E-state index in [-0.39, 0.29) is 17.8 Å². The van der Waals surface area contributed by atoms with Gasteiger partial charge in [0.15, 0.2) is 29.6 Å². The molecule has 28 heavy (non-hydrogen) atoms. The molecular formula is C16H18N4O8. The van der Waals surface area contributed by atoms with Crippen LogP contribution < -0.4 is 5.56 Å². The van der Waals surface area contributed by atoms with Crippen molar-refractivity contribution < 1.29 is 33.3 Å². The number of hydrogen-bond donors (Lipinski definition) is 1. The van der Waals surface area contributed by atoms with Crippen LogP contribution in [-0.4, -0.2) is 62.3 Å². The summed E-state index contributed by atoms with van der Waals surface area (Å²) in [5.41, 5.74) is -0.223. The zero-order valence-electron chi connectivity index (χ0n) is 15.3. The molecule has 4 atom stereocenters. The number of imidazole rings is 1. The van der Waals surface area contributed by atoms with Crippen molar-refractivity contribution in [3.63, 3.8) is 0 Å². The molecule has 0 spiro atoms. The number of fused-ring (bicyclic) bond motifs is 1. The van der Waals surface area contributed by atoms with Gasteiger partial charge in [-0.15, -0.1) is 0 Å². The van der Waals surface area contributed by atoms with Crippen molar-refractivity contribution in [3.8, 4) is 0 Å². The molecular weight excluding hydrogens is 376 g/mol. The molecule has 0 bridgehead atoms. The molecule has 1 saturated heterocycles. The van der Waals surface area contributed by atoms with Gasteiger partial charge in [0, 0.05) is 20.8 Å². The fourth-order valence-electron chi connectivity index (χ4n) is 2.97. The zero-order valence-corrected chi connectivity index (χ0v) is 15.3. The highest BCUT2D eigenvalue weighted by Crippen LogP contribution is 2.35. The summed E-state index contributed by atoms with van der Waals surface area (Å²) in [6.07, 6.45) is -1.58. The number of carbonyl (C=O) groups is 3. The van der Waals surface area contributed by atoms with Crippen LogP contribution >= 0.6 is 0 Å². The van der Waals surface area contributed by atoms with Crippen LogP contribution in [0, 0.1) is 0 Å². The van der Waals surface area contributed by atoms with E-state index < -0.39 is 48.0 Å². The minimum atomic E-state index is -1.08. The molecule has 3 rings (SSSR count). The van der Waals surface area contributed by atoms with Crippen molar-refractivity contribution in [3.05, 3.63) is 23.0 Å². The van der Waals surface area contributed by atoms with Crippen LogP contribution in [0.2, 0.25) is 0 Å². The van der Waals surface area contributed by atoms with Gasteiger partial charge in [0.1, 0.15) is 12.7 Å². The molecule has 1 fully saturated rings. The van der Waals surface area contributed by atoms with Gasteiger partial charge in [0.2, 0.25) is 0 Å². The second kappa shape index (κ2) is 7.76. The van der Waals surface area contributed by atoms with Crippen molar-refractivity contribution in [2.45, 2.75) is 45.3 Å². The van der Waals surface area contributed by atoms with Gasteiger partial charge in [-0.1, -0.05) is 0 Å². The van der Waals surface area contributed by atoms with E-state index in [1.165, 1.54) is 38.0 Å². The molecule has 1 unspecified atom stereocenters. The number of nitrogens with one attached hydrogen (secondary N) is 1. The van der Waals surface area contributed by atoms with E-state index in [1.54, 1.807) is 0 Å². The van der Waals surface area contributed by atoms with Gasteiger partial charge in [-0.25, -0.2) is 9.97 Å². The van der Waals surface area contributed by atoms with Gasteiger partial charge in [-0.2, -0.15) is 0 Å². The Balaban J connectivity index is 2.02. The van der Waals surface area contributed by atoms with Crippen LogP contribution in [0.3, 0.4) is 0 Å². The first-order valence-electron chi connectivity index (χ1n) is 8.31. The third kappa shape index (κ3) is 3.86. The Labute approximate surface area is 157 Å². The van der Waals surface area contributed by atoms with Crippen LogP contribution in [-0.2, 0) is 33.3 Å². The Bertz CT molecular complexity index is 967. The number of hydrogen-bond acceptors (Lipinski definition) is 10. The van der Waals surface area contributed by atoms with Crippen LogP contribution in [0.5, 0.6) is 0 Å². The Morgan fingerprint density at radius 3 is 2.43 bits per heavy atom. The predicted octanol–water partition coefficient (Wildman–Crippen LogP) is -0.556. The molecule has 0 aromatic carbocycles. The minimum Gasteiger partial charge on any atom is -0.463 e. The Morgan fingerprint density at radius 1 is 1.11 bits per heavy atom. The lowest BCUT2D eigenvalue weighted by Gasteiger charge is -2.23. The molecule has 3 heterocycles. The van der Waals surface area contributed by atoms with Gasteiger partial charge in [0.25, 0.3) is 5.56 Å². The Kier molecular flexibility index (Phi) is 5.40. The number of carbonyl (C=O) groups excluding carboxylic acids is 3. The predicted molar refractivity (Wildman–Crippen MR) is 89.8 cm³/mol. The third-order valence-corrected chi connectivity index (χ3v) is 3.98. The standard InChI is InChI=1S/C16H18N4O8/c1-7(21)25-4-10-12(26-8(2)22)13(27-9(3)23)16(28-10)20-6-19-11-14(20)17-5-18-15(11)24/h5-6,10,12-13,16H,4H2,1-3H3,(H,17,18,24)/t10-,12+,13?,16-/m1/s1. The van der Waals surface area contributed by atoms with Crippen LogP contribution in [0.1, 0.15) is 27.0 Å². The number of ether oxygens (including phenoxy) is 4. The van der Waals surface area contributed by atoms with Crippen molar-refractivity contribution >= 4 is 29.1 Å². The molecule has 1 N–H and O–H groups in total. The summed E-state index contributed by atoms with van der Waals surface area (Å²) in [5, 5.41) is 0. The lowest BCUT2D eigenvalue weighted by atomic mass is 10.1. The maximum atomic E-state index is 11.9. The first-order chi connectivity index (χ1) is 13.3. The first-order valence-corrected chi connectivity index (χ1v) is 8.31. The Hall–Kier alpha value is -3.28. The normalized spacial score (nSPS) is 24.1. The second-order valence-corrected chi connectivity index (χ2v) is 6.07. The van der Waals surface area contributed by atoms with Crippen molar-refractivity contribution in [1.29, 1.82) is 0 Å². The summed E-state index contributed by atoms with van der Waals surface area (Å²) in [6, 6.07) is 0. The molecule has 2 aromatic heterocycles. The molecule has 0 aliphatic carbocycles. The number of esters is 3. The van der Waals surface area contributed by atoms with Crippen LogP contribution in [0.4, 0.5) is 0 Å². The Morgan fingerprint density at radius 2 is 1.79 bits per heavy atom. The molecule has 2 aromatic rings. The average Bonchev–Trinajstić information content (AvgIpc) is 3.16. The van der Waals surface area contributed by atoms with Gasteiger partial charge in [0.05, 0.1) is 12.7 Å². The van der Waals surface area contributed by atoms with E-state index in [4.69, 9.17) is 18.9 Å². The largest absolute Gasteiger partial charge is 0.463 e. The van der Waals surface area contributed by atoms with Gasteiger partial charge < -0.3 is 23.9 Å². The van der Waals surface area contributed by atoms with E-state index in [2.05, 4.69) is 15.0 Å². The highest BCUT2D eigenvalue weighted by atomic mass is 16.7. The van der Waals surface area contributed by atoms with Crippen molar-refractivity contribution in [2.24, 2.45) is 0 Å². The van der Waals surface area contributed by atoms with E-state index in [1.807, 2.05) is 0 Å². The van der Waals surface area contributed by atoms with Gasteiger partial charge >= 0.3 is 17.9 Å². The maximum absolute atomic E-state index is 11.9. The molecule has 0 amide bonds. The second-order valence-electron chi connectivity index (χ2n) is 6.07. The molecule has 12 heteroatoms. The lowest BCUT2D eigenvalue weighted by Crippen LogP contribution is -2.40.